The third-order valence-corrected chi connectivity index (χ3v) is 1.60. The highest BCUT2D eigenvalue weighted by Crippen LogP contribution is 2.07. The van der Waals surface area contributed by atoms with Crippen LogP contribution in [0, 0.1) is 5.92 Å². The lowest BCUT2D eigenvalue weighted by atomic mass is 10.2. The fourth-order valence-electron chi connectivity index (χ4n) is 0.494. The van der Waals surface area contributed by atoms with Crippen molar-refractivity contribution in [3.63, 3.8) is 0 Å². The molecule has 0 bridgehead atoms. The summed E-state index contributed by atoms with van der Waals surface area (Å²) < 4.78 is 2.98. The number of carbonyl (C=O) groups is 1. The Morgan fingerprint density at radius 1 is 1.88 bits per heavy atom. The minimum Gasteiger partial charge on any atom is -0.303 e. The van der Waals surface area contributed by atoms with Crippen molar-refractivity contribution < 1.29 is 4.79 Å². The second-order valence-corrected chi connectivity index (χ2v) is 2.39. The third kappa shape index (κ3) is 1.35. The first-order valence-electron chi connectivity index (χ1n) is 2.44. The van der Waals surface area contributed by atoms with Gasteiger partial charge in [0.2, 0.25) is 0 Å². The summed E-state index contributed by atoms with van der Waals surface area (Å²) in [5.41, 5.74) is 0. The number of hydrogen-bond donors (Lipinski definition) is 1. The van der Waals surface area contributed by atoms with Gasteiger partial charge in [-0.15, -0.1) is 0 Å². The average Bonchev–Trinajstić information content (AvgIpc) is 1.90. The molecule has 2 nitrogen and oxygen atoms in total. The molecule has 3 heteroatoms. The summed E-state index contributed by atoms with van der Waals surface area (Å²) in [5.74, 6) is 0.0937. The summed E-state index contributed by atoms with van der Waals surface area (Å²) in [5, 5.41) is 1.89. The predicted octanol–water partition coefficient (Wildman–Crippen LogP) is 0.567. The number of hydrogen-bond acceptors (Lipinski definition) is 3. The van der Waals surface area contributed by atoms with Crippen molar-refractivity contribution in [3.05, 3.63) is 11.5 Å². The minimum atomic E-state index is 0.0937. The molecule has 8 heavy (non-hydrogen) atoms. The zero-order chi connectivity index (χ0) is 5.82. The normalized spacial score (nSPS) is 27.8. The Labute approximate surface area is 52.5 Å². The molecule has 0 fully saturated rings. The Morgan fingerprint density at radius 2 is 2.75 bits per heavy atom. The van der Waals surface area contributed by atoms with Crippen LogP contribution in [0.5, 0.6) is 0 Å². The van der Waals surface area contributed by atoms with Crippen LogP contribution in [-0.2, 0) is 4.79 Å². The molecule has 0 amide bonds. The lowest BCUT2D eigenvalue weighted by molar-refractivity contribution is -0.109. The summed E-state index contributed by atoms with van der Waals surface area (Å²) in [4.78, 5) is 10.1. The van der Waals surface area contributed by atoms with E-state index in [-0.39, 0.29) is 5.92 Å². The highest BCUT2D eigenvalue weighted by Gasteiger charge is 2.04. The van der Waals surface area contributed by atoms with E-state index in [1.807, 2.05) is 11.5 Å². The van der Waals surface area contributed by atoms with Crippen molar-refractivity contribution in [2.45, 2.75) is 0 Å². The smallest absolute Gasteiger partial charge is 0.128 e. The minimum absolute atomic E-state index is 0.0937. The Balaban J connectivity index is 2.42. The molecule has 1 heterocycles. The van der Waals surface area contributed by atoms with Crippen LogP contribution in [0.3, 0.4) is 0 Å². The van der Waals surface area contributed by atoms with E-state index in [0.29, 0.717) is 0 Å². The van der Waals surface area contributed by atoms with Crippen molar-refractivity contribution in [2.24, 2.45) is 5.92 Å². The number of carbonyl (C=O) groups excluding carboxylic acids is 1. The van der Waals surface area contributed by atoms with Gasteiger partial charge < -0.3 is 4.79 Å². The van der Waals surface area contributed by atoms with E-state index in [1.54, 1.807) is 0 Å². The van der Waals surface area contributed by atoms with Gasteiger partial charge in [0.15, 0.2) is 0 Å². The molecule has 1 N–H and O–H groups in total. The fraction of sp³-hybridized carbons (Fsp3) is 0.400. The molecule has 1 aliphatic rings. The van der Waals surface area contributed by atoms with E-state index in [4.69, 9.17) is 0 Å². The topological polar surface area (TPSA) is 29.1 Å². The van der Waals surface area contributed by atoms with Gasteiger partial charge in [0.25, 0.3) is 0 Å². The first kappa shape index (κ1) is 5.85. The van der Waals surface area contributed by atoms with E-state index in [1.165, 1.54) is 11.9 Å². The quantitative estimate of drug-likeness (QED) is 0.414. The maximum atomic E-state index is 10.1. The molecular weight excluding hydrogens is 122 g/mol. The van der Waals surface area contributed by atoms with Gasteiger partial charge in [-0.3, -0.25) is 4.72 Å². The summed E-state index contributed by atoms with van der Waals surface area (Å²) in [6.07, 6.45) is 2.84. The molecule has 1 aliphatic heterocycles. The van der Waals surface area contributed by atoms with Crippen LogP contribution in [0.1, 0.15) is 0 Å². The molecule has 0 saturated carbocycles. The summed E-state index contributed by atoms with van der Waals surface area (Å²) in [6.45, 7) is 0.769. The highest BCUT2D eigenvalue weighted by atomic mass is 32.2. The largest absolute Gasteiger partial charge is 0.303 e. The van der Waals surface area contributed by atoms with Crippen molar-refractivity contribution in [1.82, 2.24) is 4.72 Å². The summed E-state index contributed by atoms with van der Waals surface area (Å²) in [6, 6.07) is 0. The van der Waals surface area contributed by atoms with Crippen molar-refractivity contribution in [2.75, 3.05) is 6.54 Å². The Kier molecular flexibility index (Phi) is 2.11. The SMILES string of the molecule is O=CC1C=CSNC1. The lowest BCUT2D eigenvalue weighted by Crippen LogP contribution is -2.18. The summed E-state index contributed by atoms with van der Waals surface area (Å²) >= 11 is 1.52. The molecule has 1 unspecified atom stereocenters. The number of nitrogens with one attached hydrogen (secondary N) is 1. The summed E-state index contributed by atoms with van der Waals surface area (Å²) in [7, 11) is 0. The Bertz CT molecular complexity index is 113. The van der Waals surface area contributed by atoms with Gasteiger partial charge >= 0.3 is 0 Å². The standard InChI is InChI=1S/C5H7NOS/c7-4-5-1-2-8-6-3-5/h1-2,4-6H,3H2. The van der Waals surface area contributed by atoms with Crippen LogP contribution in [0.2, 0.25) is 0 Å². The molecular formula is C5H7NOS. The molecule has 0 aliphatic carbocycles. The van der Waals surface area contributed by atoms with Gasteiger partial charge in [-0.2, -0.15) is 0 Å². The maximum Gasteiger partial charge on any atom is 0.128 e. The first-order valence-corrected chi connectivity index (χ1v) is 3.32. The van der Waals surface area contributed by atoms with Crippen LogP contribution in [0.4, 0.5) is 0 Å². The molecule has 0 spiro atoms. The van der Waals surface area contributed by atoms with Crippen LogP contribution >= 0.6 is 11.9 Å². The fourth-order valence-corrected chi connectivity index (χ4v) is 1.16. The predicted molar refractivity (Wildman–Crippen MR) is 34.3 cm³/mol. The Hall–Kier alpha value is -0.280. The average molecular weight is 129 g/mol. The third-order valence-electron chi connectivity index (χ3n) is 0.971. The van der Waals surface area contributed by atoms with Gasteiger partial charge in [0.1, 0.15) is 6.29 Å². The van der Waals surface area contributed by atoms with Gasteiger partial charge in [-0.1, -0.05) is 18.0 Å². The van der Waals surface area contributed by atoms with Crippen LogP contribution < -0.4 is 4.72 Å². The Morgan fingerprint density at radius 3 is 3.12 bits per heavy atom. The molecule has 0 aromatic carbocycles. The van der Waals surface area contributed by atoms with Gasteiger partial charge in [-0.25, -0.2) is 0 Å². The zero-order valence-corrected chi connectivity index (χ0v) is 5.15. The highest BCUT2D eigenvalue weighted by molar-refractivity contribution is 8.00. The molecule has 1 rings (SSSR count). The van der Waals surface area contributed by atoms with E-state index in [2.05, 4.69) is 4.72 Å². The molecule has 0 radical (unpaired) electrons. The van der Waals surface area contributed by atoms with Crippen molar-refractivity contribution in [3.8, 4) is 0 Å². The van der Waals surface area contributed by atoms with E-state index in [9.17, 15) is 4.79 Å². The second-order valence-electron chi connectivity index (χ2n) is 1.59. The van der Waals surface area contributed by atoms with Crippen LogP contribution in [0.25, 0.3) is 0 Å². The molecule has 44 valence electrons. The monoisotopic (exact) mass is 129 g/mol. The number of aldehydes is 1. The van der Waals surface area contributed by atoms with Gasteiger partial charge in [-0.05, 0) is 5.41 Å². The van der Waals surface area contributed by atoms with E-state index in [0.717, 1.165) is 12.8 Å². The number of rotatable bonds is 1. The zero-order valence-electron chi connectivity index (χ0n) is 4.33. The van der Waals surface area contributed by atoms with Crippen LogP contribution in [-0.4, -0.2) is 12.8 Å². The lowest BCUT2D eigenvalue weighted by Gasteiger charge is -2.08. The second kappa shape index (κ2) is 2.89. The molecule has 0 aromatic rings. The van der Waals surface area contributed by atoms with Crippen LogP contribution in [0.15, 0.2) is 11.5 Å². The van der Waals surface area contributed by atoms with Gasteiger partial charge in [0.05, 0.1) is 0 Å². The van der Waals surface area contributed by atoms with E-state index >= 15 is 0 Å². The van der Waals surface area contributed by atoms with Crippen molar-refractivity contribution >= 4 is 18.2 Å². The molecule has 0 aromatic heterocycles. The van der Waals surface area contributed by atoms with E-state index < -0.39 is 0 Å². The molecule has 1 atom stereocenters. The maximum absolute atomic E-state index is 10.1. The van der Waals surface area contributed by atoms with Crippen molar-refractivity contribution in [1.29, 1.82) is 0 Å². The van der Waals surface area contributed by atoms with Gasteiger partial charge in [0, 0.05) is 12.5 Å². The first-order chi connectivity index (χ1) is 3.93. The molecule has 0 saturated heterocycles.